The molecule has 1 aliphatic rings. The Bertz CT molecular complexity index is 385. The first-order valence-electron chi connectivity index (χ1n) is 4.64. The van der Waals surface area contributed by atoms with Crippen LogP contribution in [0.25, 0.3) is 0 Å². The molecule has 1 aromatic carbocycles. The molecule has 1 atom stereocenters. The van der Waals surface area contributed by atoms with Crippen LogP contribution in [-0.4, -0.2) is 13.0 Å². The van der Waals surface area contributed by atoms with E-state index < -0.39 is 0 Å². The summed E-state index contributed by atoms with van der Waals surface area (Å²) in [5, 5.41) is 0.540. The summed E-state index contributed by atoms with van der Waals surface area (Å²) in [4.78, 5) is 17.1. The summed E-state index contributed by atoms with van der Waals surface area (Å²) in [5.74, 6) is 0.0214. The van der Waals surface area contributed by atoms with Gasteiger partial charge in [0.25, 0.3) is 0 Å². The van der Waals surface area contributed by atoms with E-state index in [1.54, 1.807) is 7.11 Å². The Morgan fingerprint density at radius 2 is 1.93 bits per heavy atom. The van der Waals surface area contributed by atoms with Gasteiger partial charge in [-0.15, -0.1) is 5.06 Å². The molecule has 2 rings (SSSR count). The maximum atomic E-state index is 11.9. The average Bonchev–Trinajstić information content (AvgIpc) is 2.36. The molecule has 1 heterocycles. The highest BCUT2D eigenvalue weighted by Gasteiger charge is 2.49. The Kier molecular flexibility index (Phi) is 1.94. The SMILES string of the molecule is CO[NH+]1C(=O)c2ccccc2C1(C)C. The number of hydroxylamine groups is 2. The average molecular weight is 192 g/mol. The molecule has 14 heavy (non-hydrogen) atoms. The summed E-state index contributed by atoms with van der Waals surface area (Å²) in [7, 11) is 1.56. The number of hydrogen-bond donors (Lipinski definition) is 1. The van der Waals surface area contributed by atoms with Crippen molar-refractivity contribution in [2.45, 2.75) is 19.4 Å². The summed E-state index contributed by atoms with van der Waals surface area (Å²) < 4.78 is 0. The molecule has 0 saturated carbocycles. The lowest BCUT2D eigenvalue weighted by Gasteiger charge is -2.22. The lowest BCUT2D eigenvalue weighted by Crippen LogP contribution is -3.17. The number of quaternary nitrogens is 1. The van der Waals surface area contributed by atoms with Crippen LogP contribution in [-0.2, 0) is 10.4 Å². The van der Waals surface area contributed by atoms with E-state index in [-0.39, 0.29) is 11.4 Å². The maximum Gasteiger partial charge on any atom is 0.377 e. The van der Waals surface area contributed by atoms with Gasteiger partial charge in [0.2, 0.25) is 0 Å². The van der Waals surface area contributed by atoms with Crippen LogP contribution in [0.5, 0.6) is 0 Å². The van der Waals surface area contributed by atoms with Gasteiger partial charge in [-0.2, -0.15) is 4.84 Å². The van der Waals surface area contributed by atoms with Crippen LogP contribution < -0.4 is 5.06 Å². The molecule has 0 spiro atoms. The van der Waals surface area contributed by atoms with E-state index in [2.05, 4.69) is 0 Å². The lowest BCUT2D eigenvalue weighted by atomic mass is 9.95. The van der Waals surface area contributed by atoms with Gasteiger partial charge in [-0.25, -0.2) is 4.79 Å². The molecule has 0 aliphatic carbocycles. The minimum absolute atomic E-state index is 0.0214. The van der Waals surface area contributed by atoms with Crippen LogP contribution in [0.1, 0.15) is 29.8 Å². The molecule has 3 heteroatoms. The van der Waals surface area contributed by atoms with Gasteiger partial charge in [0.15, 0.2) is 5.54 Å². The molecule has 0 aromatic heterocycles. The molecule has 1 amide bonds. The number of rotatable bonds is 1. The first-order chi connectivity index (χ1) is 6.59. The zero-order valence-electron chi connectivity index (χ0n) is 8.63. The second kappa shape index (κ2) is 2.90. The van der Waals surface area contributed by atoms with Crippen LogP contribution >= 0.6 is 0 Å². The fourth-order valence-corrected chi connectivity index (χ4v) is 2.10. The van der Waals surface area contributed by atoms with Gasteiger partial charge in [0, 0.05) is 5.56 Å². The molecular formula is C11H14NO2+. The second-order valence-corrected chi connectivity index (χ2v) is 4.03. The predicted octanol–water partition coefficient (Wildman–Crippen LogP) is 0.522. The third-order valence-corrected chi connectivity index (χ3v) is 2.82. The van der Waals surface area contributed by atoms with Gasteiger partial charge in [0.1, 0.15) is 0 Å². The molecule has 74 valence electrons. The zero-order chi connectivity index (χ0) is 10.3. The summed E-state index contributed by atoms with van der Waals surface area (Å²) in [6.45, 7) is 4.02. The van der Waals surface area contributed by atoms with Gasteiger partial charge in [-0.05, 0) is 19.9 Å². The Hall–Kier alpha value is -1.19. The van der Waals surface area contributed by atoms with Crippen LogP contribution in [0, 0.1) is 0 Å². The first-order valence-corrected chi connectivity index (χ1v) is 4.64. The maximum absolute atomic E-state index is 11.9. The normalized spacial score (nSPS) is 23.6. The number of benzene rings is 1. The molecule has 0 bridgehead atoms. The number of carbonyl (C=O) groups excluding carboxylic acids is 1. The van der Waals surface area contributed by atoms with Crippen molar-refractivity contribution in [2.75, 3.05) is 7.11 Å². The topological polar surface area (TPSA) is 30.7 Å². The van der Waals surface area contributed by atoms with Crippen LogP contribution in [0.15, 0.2) is 24.3 Å². The molecule has 1 aromatic rings. The number of nitrogens with one attached hydrogen (secondary N) is 1. The largest absolute Gasteiger partial charge is 0.377 e. The monoisotopic (exact) mass is 192 g/mol. The summed E-state index contributed by atoms with van der Waals surface area (Å²) >= 11 is 0. The first kappa shape index (κ1) is 9.37. The molecule has 0 radical (unpaired) electrons. The highest BCUT2D eigenvalue weighted by Crippen LogP contribution is 2.25. The van der Waals surface area contributed by atoms with E-state index in [0.29, 0.717) is 5.06 Å². The summed E-state index contributed by atoms with van der Waals surface area (Å²) in [6.07, 6.45) is 0. The quantitative estimate of drug-likeness (QED) is 0.703. The van der Waals surface area contributed by atoms with Crippen molar-refractivity contribution in [3.8, 4) is 0 Å². The van der Waals surface area contributed by atoms with Crippen LogP contribution in [0.4, 0.5) is 0 Å². The standard InChI is InChI=1S/C11H13NO2/c1-11(2)9-7-5-4-6-8(9)10(13)12(11)14-3/h4-7H,1-3H3/p+1. The highest BCUT2D eigenvalue weighted by atomic mass is 16.7. The van der Waals surface area contributed by atoms with Crippen molar-refractivity contribution in [3.05, 3.63) is 35.4 Å². The molecule has 1 N–H and O–H groups in total. The van der Waals surface area contributed by atoms with Gasteiger partial charge < -0.3 is 0 Å². The van der Waals surface area contributed by atoms with E-state index in [1.165, 1.54) is 0 Å². The van der Waals surface area contributed by atoms with E-state index in [9.17, 15) is 4.79 Å². The molecule has 0 saturated heterocycles. The van der Waals surface area contributed by atoms with Gasteiger partial charge in [-0.3, -0.25) is 0 Å². The van der Waals surface area contributed by atoms with Crippen LogP contribution in [0.3, 0.4) is 0 Å². The minimum atomic E-state index is -0.289. The molecular weight excluding hydrogens is 178 g/mol. The number of carbonyl (C=O) groups is 1. The third-order valence-electron chi connectivity index (χ3n) is 2.82. The van der Waals surface area contributed by atoms with E-state index in [0.717, 1.165) is 11.1 Å². The predicted molar refractivity (Wildman–Crippen MR) is 51.8 cm³/mol. The van der Waals surface area contributed by atoms with E-state index >= 15 is 0 Å². The fraction of sp³-hybridized carbons (Fsp3) is 0.364. The summed E-state index contributed by atoms with van der Waals surface area (Å²) in [5.41, 5.74) is 1.54. The Morgan fingerprint density at radius 3 is 2.50 bits per heavy atom. The lowest BCUT2D eigenvalue weighted by molar-refractivity contribution is -1.06. The minimum Gasteiger partial charge on any atom is -0.222 e. The Labute approximate surface area is 83.2 Å². The molecule has 0 fully saturated rings. The van der Waals surface area contributed by atoms with Crippen molar-refractivity contribution in [3.63, 3.8) is 0 Å². The summed E-state index contributed by atoms with van der Waals surface area (Å²) in [6, 6.07) is 7.67. The fourth-order valence-electron chi connectivity index (χ4n) is 2.10. The van der Waals surface area contributed by atoms with E-state index in [4.69, 9.17) is 4.84 Å². The van der Waals surface area contributed by atoms with Crippen LogP contribution in [0.2, 0.25) is 0 Å². The number of hydrogen-bond acceptors (Lipinski definition) is 2. The van der Waals surface area contributed by atoms with Gasteiger partial charge in [0.05, 0.1) is 12.7 Å². The smallest absolute Gasteiger partial charge is 0.222 e. The van der Waals surface area contributed by atoms with Gasteiger partial charge in [-0.1, -0.05) is 18.2 Å². The molecule has 3 nitrogen and oxygen atoms in total. The Balaban J connectivity index is 2.61. The van der Waals surface area contributed by atoms with Crippen molar-refractivity contribution in [2.24, 2.45) is 0 Å². The second-order valence-electron chi connectivity index (χ2n) is 4.03. The van der Waals surface area contributed by atoms with E-state index in [1.807, 2.05) is 38.1 Å². The van der Waals surface area contributed by atoms with Crippen molar-refractivity contribution >= 4 is 5.91 Å². The van der Waals surface area contributed by atoms with Crippen molar-refractivity contribution < 1.29 is 14.7 Å². The number of fused-ring (bicyclic) bond motifs is 1. The molecule has 1 unspecified atom stereocenters. The van der Waals surface area contributed by atoms with Crippen molar-refractivity contribution in [1.29, 1.82) is 0 Å². The zero-order valence-corrected chi connectivity index (χ0v) is 8.63. The third kappa shape index (κ3) is 1.03. The van der Waals surface area contributed by atoms with Crippen molar-refractivity contribution in [1.82, 2.24) is 0 Å². The molecule has 1 aliphatic heterocycles. The highest BCUT2D eigenvalue weighted by molar-refractivity contribution is 5.91. The number of amides is 1. The van der Waals surface area contributed by atoms with Gasteiger partial charge >= 0.3 is 5.91 Å². The Morgan fingerprint density at radius 1 is 1.29 bits per heavy atom.